The quantitative estimate of drug-likeness (QED) is 0.642. The van der Waals surface area contributed by atoms with Crippen LogP contribution in [0.4, 0.5) is 13.2 Å². The molecule has 0 aliphatic carbocycles. The van der Waals surface area contributed by atoms with Gasteiger partial charge >= 0.3 is 6.18 Å². The maximum Gasteiger partial charge on any atom is 0.394 e. The Kier molecular flexibility index (Phi) is 9.32. The van der Waals surface area contributed by atoms with Gasteiger partial charge in [0.15, 0.2) is 0 Å². The molecule has 126 valence electrons. The summed E-state index contributed by atoms with van der Waals surface area (Å²) in [6.45, 7) is 4.66. The molecule has 1 atom stereocenters. The predicted octanol–water partition coefficient (Wildman–Crippen LogP) is 4.21. The fraction of sp³-hybridized carbons (Fsp3) is 1.00. The van der Waals surface area contributed by atoms with E-state index < -0.39 is 12.1 Å². The number of unbranched alkanes of at least 4 members (excludes halogenated alkanes) is 7. The second kappa shape index (κ2) is 10.4. The van der Waals surface area contributed by atoms with Crippen molar-refractivity contribution in [2.45, 2.75) is 64.5 Å². The zero-order valence-corrected chi connectivity index (χ0v) is 13.4. The topological polar surface area (TPSA) is 15.3 Å². The number of nitrogens with one attached hydrogen (secondary N) is 1. The van der Waals surface area contributed by atoms with E-state index in [0.717, 1.165) is 25.9 Å². The SMILES string of the molecule is CCCCCCCCCCN1CCNCC(C(F)(F)F)C1. The van der Waals surface area contributed by atoms with Crippen LogP contribution in [0, 0.1) is 5.92 Å². The number of nitrogens with zero attached hydrogens (tertiary/aromatic N) is 1. The number of halogens is 3. The Hall–Kier alpha value is -0.290. The van der Waals surface area contributed by atoms with Crippen LogP contribution in [0.15, 0.2) is 0 Å². The van der Waals surface area contributed by atoms with E-state index in [1.807, 2.05) is 4.90 Å². The zero-order valence-electron chi connectivity index (χ0n) is 13.4. The number of hydrogen-bond donors (Lipinski definition) is 1. The standard InChI is InChI=1S/C16H31F3N2/c1-2-3-4-5-6-7-8-9-11-21-12-10-20-13-15(14-21)16(17,18)19/h15,20H,2-14H2,1H3. The van der Waals surface area contributed by atoms with Crippen LogP contribution in [-0.2, 0) is 0 Å². The highest BCUT2D eigenvalue weighted by Gasteiger charge is 2.40. The summed E-state index contributed by atoms with van der Waals surface area (Å²) >= 11 is 0. The van der Waals surface area contributed by atoms with E-state index >= 15 is 0 Å². The van der Waals surface area contributed by atoms with Crippen molar-refractivity contribution in [2.75, 3.05) is 32.7 Å². The molecule has 1 rings (SSSR count). The Morgan fingerprint density at radius 3 is 2.24 bits per heavy atom. The molecule has 2 nitrogen and oxygen atoms in total. The maximum absolute atomic E-state index is 12.8. The van der Waals surface area contributed by atoms with Gasteiger partial charge in [-0.2, -0.15) is 13.2 Å². The molecular weight excluding hydrogens is 277 g/mol. The third-order valence-corrected chi connectivity index (χ3v) is 4.26. The minimum Gasteiger partial charge on any atom is -0.315 e. The van der Waals surface area contributed by atoms with Gasteiger partial charge in [0.2, 0.25) is 0 Å². The summed E-state index contributed by atoms with van der Waals surface area (Å²) in [4.78, 5) is 1.98. The summed E-state index contributed by atoms with van der Waals surface area (Å²) in [6.07, 6.45) is 5.80. The minimum absolute atomic E-state index is 0.0669. The summed E-state index contributed by atoms with van der Waals surface area (Å²) in [6, 6.07) is 0. The Labute approximate surface area is 127 Å². The van der Waals surface area contributed by atoms with Crippen LogP contribution in [0.2, 0.25) is 0 Å². The van der Waals surface area contributed by atoms with E-state index in [-0.39, 0.29) is 13.1 Å². The van der Waals surface area contributed by atoms with Gasteiger partial charge in [-0.15, -0.1) is 0 Å². The first-order chi connectivity index (χ1) is 10.0. The first kappa shape index (κ1) is 18.8. The lowest BCUT2D eigenvalue weighted by Gasteiger charge is -2.25. The molecule has 0 aromatic rings. The van der Waals surface area contributed by atoms with Gasteiger partial charge in [-0.3, -0.25) is 0 Å². The van der Waals surface area contributed by atoms with E-state index in [1.165, 1.54) is 38.5 Å². The first-order valence-electron chi connectivity index (χ1n) is 8.54. The third-order valence-electron chi connectivity index (χ3n) is 4.26. The average molecular weight is 308 g/mol. The number of alkyl halides is 3. The van der Waals surface area contributed by atoms with E-state index in [4.69, 9.17) is 0 Å². The van der Waals surface area contributed by atoms with Gasteiger partial charge < -0.3 is 10.2 Å². The molecule has 0 aromatic heterocycles. The highest BCUT2D eigenvalue weighted by Crippen LogP contribution is 2.27. The van der Waals surface area contributed by atoms with E-state index in [2.05, 4.69) is 12.2 Å². The van der Waals surface area contributed by atoms with Crippen LogP contribution >= 0.6 is 0 Å². The van der Waals surface area contributed by atoms with Crippen molar-refractivity contribution in [1.82, 2.24) is 10.2 Å². The molecule has 0 aromatic carbocycles. The summed E-state index contributed by atoms with van der Waals surface area (Å²) in [5.74, 6) is -1.21. The van der Waals surface area contributed by atoms with Crippen LogP contribution in [0.5, 0.6) is 0 Å². The highest BCUT2D eigenvalue weighted by atomic mass is 19.4. The summed E-state index contributed by atoms with van der Waals surface area (Å²) in [5, 5.41) is 2.90. The smallest absolute Gasteiger partial charge is 0.315 e. The second-order valence-electron chi connectivity index (χ2n) is 6.22. The molecule has 0 bridgehead atoms. The van der Waals surface area contributed by atoms with Gasteiger partial charge in [0.05, 0.1) is 5.92 Å². The molecular formula is C16H31F3N2. The Morgan fingerprint density at radius 2 is 1.62 bits per heavy atom. The fourth-order valence-electron chi connectivity index (χ4n) is 2.87. The first-order valence-corrected chi connectivity index (χ1v) is 8.54. The zero-order chi connectivity index (χ0) is 15.6. The van der Waals surface area contributed by atoms with Crippen LogP contribution in [-0.4, -0.2) is 43.8 Å². The second-order valence-corrected chi connectivity index (χ2v) is 6.22. The Bertz CT molecular complexity index is 256. The molecule has 0 radical (unpaired) electrons. The molecule has 1 saturated heterocycles. The molecule has 1 aliphatic rings. The molecule has 0 amide bonds. The van der Waals surface area contributed by atoms with Crippen LogP contribution in [0.3, 0.4) is 0 Å². The van der Waals surface area contributed by atoms with Crippen molar-refractivity contribution in [3.63, 3.8) is 0 Å². The monoisotopic (exact) mass is 308 g/mol. The van der Waals surface area contributed by atoms with Gasteiger partial charge in [0, 0.05) is 26.2 Å². The maximum atomic E-state index is 12.8. The van der Waals surface area contributed by atoms with Gasteiger partial charge in [0.1, 0.15) is 0 Å². The normalized spacial score (nSPS) is 21.4. The fourth-order valence-corrected chi connectivity index (χ4v) is 2.87. The van der Waals surface area contributed by atoms with E-state index in [1.54, 1.807) is 0 Å². The van der Waals surface area contributed by atoms with Crippen molar-refractivity contribution in [3.05, 3.63) is 0 Å². The average Bonchev–Trinajstić information content (AvgIpc) is 2.67. The van der Waals surface area contributed by atoms with Crippen molar-refractivity contribution < 1.29 is 13.2 Å². The lowest BCUT2D eigenvalue weighted by Crippen LogP contribution is -2.38. The molecule has 5 heteroatoms. The molecule has 1 fully saturated rings. The predicted molar refractivity (Wildman–Crippen MR) is 81.5 cm³/mol. The Balaban J connectivity index is 2.10. The molecule has 0 spiro atoms. The molecule has 1 unspecified atom stereocenters. The lowest BCUT2D eigenvalue weighted by molar-refractivity contribution is -0.175. The summed E-state index contributed by atoms with van der Waals surface area (Å²) in [5.41, 5.74) is 0. The largest absolute Gasteiger partial charge is 0.394 e. The van der Waals surface area contributed by atoms with Gasteiger partial charge in [-0.25, -0.2) is 0 Å². The summed E-state index contributed by atoms with van der Waals surface area (Å²) in [7, 11) is 0. The van der Waals surface area contributed by atoms with Crippen molar-refractivity contribution in [2.24, 2.45) is 5.92 Å². The van der Waals surface area contributed by atoms with Crippen LogP contribution in [0.1, 0.15) is 58.3 Å². The number of rotatable bonds is 9. The minimum atomic E-state index is -4.07. The van der Waals surface area contributed by atoms with Crippen LogP contribution in [0.25, 0.3) is 0 Å². The van der Waals surface area contributed by atoms with Crippen molar-refractivity contribution in [1.29, 1.82) is 0 Å². The molecule has 0 saturated carbocycles. The number of hydrogen-bond acceptors (Lipinski definition) is 2. The van der Waals surface area contributed by atoms with Crippen LogP contribution < -0.4 is 5.32 Å². The molecule has 1 N–H and O–H groups in total. The van der Waals surface area contributed by atoms with Gasteiger partial charge in [0.25, 0.3) is 0 Å². The Morgan fingerprint density at radius 1 is 1.00 bits per heavy atom. The van der Waals surface area contributed by atoms with Gasteiger partial charge in [-0.1, -0.05) is 51.9 Å². The van der Waals surface area contributed by atoms with Gasteiger partial charge in [-0.05, 0) is 13.0 Å². The molecule has 21 heavy (non-hydrogen) atoms. The van der Waals surface area contributed by atoms with Crippen molar-refractivity contribution in [3.8, 4) is 0 Å². The molecule has 1 heterocycles. The third kappa shape index (κ3) is 8.67. The highest BCUT2D eigenvalue weighted by molar-refractivity contribution is 4.78. The molecule has 1 aliphatic heterocycles. The lowest BCUT2D eigenvalue weighted by atomic mass is 10.1. The summed E-state index contributed by atoms with van der Waals surface area (Å²) < 4.78 is 38.5. The van der Waals surface area contributed by atoms with Crippen molar-refractivity contribution >= 4 is 0 Å². The van der Waals surface area contributed by atoms with E-state index in [0.29, 0.717) is 6.54 Å². The van der Waals surface area contributed by atoms with E-state index in [9.17, 15) is 13.2 Å².